The van der Waals surface area contributed by atoms with Crippen LogP contribution < -0.4 is 0 Å². The number of imidazole rings is 1. The molecule has 0 bridgehead atoms. The van der Waals surface area contributed by atoms with Crippen molar-refractivity contribution >= 4 is 11.0 Å². The van der Waals surface area contributed by atoms with Crippen molar-refractivity contribution < 1.29 is 9.50 Å². The van der Waals surface area contributed by atoms with Crippen LogP contribution in [0.3, 0.4) is 0 Å². The maximum absolute atomic E-state index is 13.2. The highest BCUT2D eigenvalue weighted by molar-refractivity contribution is 5.78. The number of aromatic amines is 1. The summed E-state index contributed by atoms with van der Waals surface area (Å²) in [6, 6.07) is 6.51. The van der Waals surface area contributed by atoms with E-state index in [4.69, 9.17) is 5.11 Å². The Morgan fingerprint density at radius 3 is 2.56 bits per heavy atom. The topological polar surface area (TPSA) is 74.7 Å². The Kier molecular flexibility index (Phi) is 6.50. The van der Waals surface area contributed by atoms with Crippen LogP contribution >= 0.6 is 0 Å². The summed E-state index contributed by atoms with van der Waals surface area (Å²) in [7, 11) is 0. The Morgan fingerprint density at radius 1 is 1.15 bits per heavy atom. The molecule has 0 aliphatic heterocycles. The molecule has 1 saturated carbocycles. The van der Waals surface area contributed by atoms with Gasteiger partial charge in [-0.1, -0.05) is 39.2 Å². The molecule has 3 aromatic heterocycles. The summed E-state index contributed by atoms with van der Waals surface area (Å²) in [6.07, 6.45) is 8.53. The maximum atomic E-state index is 13.2. The lowest BCUT2D eigenvalue weighted by atomic mass is 9.98. The van der Waals surface area contributed by atoms with Gasteiger partial charge in [0.05, 0.1) is 34.7 Å². The van der Waals surface area contributed by atoms with Gasteiger partial charge >= 0.3 is 0 Å². The molecule has 0 atom stereocenters. The second kappa shape index (κ2) is 9.04. The van der Waals surface area contributed by atoms with Gasteiger partial charge in [-0.2, -0.15) is 4.39 Å². The molecule has 144 valence electrons. The van der Waals surface area contributed by atoms with Gasteiger partial charge in [0.15, 0.2) is 0 Å². The summed E-state index contributed by atoms with van der Waals surface area (Å²) < 4.78 is 13.2. The number of nitrogens with zero attached hydrogens (tertiary/aromatic N) is 3. The summed E-state index contributed by atoms with van der Waals surface area (Å²) in [5, 5.41) is 8.91. The minimum Gasteiger partial charge on any atom is -0.393 e. The molecule has 0 saturated heterocycles. The second-order valence-corrected chi connectivity index (χ2v) is 7.51. The van der Waals surface area contributed by atoms with Gasteiger partial charge in [-0.25, -0.2) is 9.97 Å². The highest BCUT2D eigenvalue weighted by Gasteiger charge is 2.09. The molecule has 6 heteroatoms. The number of hydrogen-bond acceptors (Lipinski definition) is 4. The minimum absolute atomic E-state index is 0.0359. The van der Waals surface area contributed by atoms with E-state index in [-0.39, 0.29) is 6.10 Å². The van der Waals surface area contributed by atoms with E-state index in [0.717, 1.165) is 36.1 Å². The number of aliphatic hydroxyl groups is 1. The molecule has 3 heterocycles. The number of H-pyrrole nitrogens is 1. The minimum atomic E-state index is -0.507. The zero-order valence-electron chi connectivity index (χ0n) is 16.0. The summed E-state index contributed by atoms with van der Waals surface area (Å²) >= 11 is 0. The fourth-order valence-corrected chi connectivity index (χ4v) is 3.22. The van der Waals surface area contributed by atoms with Gasteiger partial charge < -0.3 is 10.1 Å². The van der Waals surface area contributed by atoms with E-state index in [1.165, 1.54) is 25.3 Å². The van der Waals surface area contributed by atoms with E-state index in [9.17, 15) is 4.39 Å². The van der Waals surface area contributed by atoms with Crippen LogP contribution in [-0.2, 0) is 6.42 Å². The number of hydrogen-bond donors (Lipinski definition) is 2. The summed E-state index contributed by atoms with van der Waals surface area (Å²) in [5.41, 5.74) is 2.86. The van der Waals surface area contributed by atoms with Gasteiger partial charge in [0, 0.05) is 6.42 Å². The molecule has 0 amide bonds. The SMILES string of the molecule is CC(C)Cc1nc2cc(-c3cccc(F)n3)ncc2[nH]1.OC1CCCCC1. The summed E-state index contributed by atoms with van der Waals surface area (Å²) in [5.74, 6) is 0.973. The average molecular weight is 370 g/mol. The Hall–Kier alpha value is -2.34. The van der Waals surface area contributed by atoms with E-state index in [0.29, 0.717) is 17.3 Å². The molecular weight excluding hydrogens is 343 g/mol. The van der Waals surface area contributed by atoms with Gasteiger partial charge in [0.25, 0.3) is 0 Å². The van der Waals surface area contributed by atoms with E-state index in [1.807, 2.05) is 6.07 Å². The number of pyridine rings is 2. The van der Waals surface area contributed by atoms with Gasteiger partial charge in [0.1, 0.15) is 5.82 Å². The van der Waals surface area contributed by atoms with Crippen molar-refractivity contribution in [1.82, 2.24) is 19.9 Å². The van der Waals surface area contributed by atoms with Crippen LogP contribution in [0.4, 0.5) is 4.39 Å². The lowest BCUT2D eigenvalue weighted by Crippen LogP contribution is -2.09. The Morgan fingerprint density at radius 2 is 1.93 bits per heavy atom. The van der Waals surface area contributed by atoms with Gasteiger partial charge in [-0.3, -0.25) is 4.98 Å². The molecule has 5 nitrogen and oxygen atoms in total. The largest absolute Gasteiger partial charge is 0.393 e. The predicted octanol–water partition coefficient (Wildman–Crippen LogP) is 4.67. The Bertz CT molecular complexity index is 871. The quantitative estimate of drug-likeness (QED) is 0.657. The third-order valence-corrected chi connectivity index (χ3v) is 4.57. The molecule has 3 aromatic rings. The van der Waals surface area contributed by atoms with Crippen molar-refractivity contribution in [2.75, 3.05) is 0 Å². The number of rotatable bonds is 3. The molecule has 0 aromatic carbocycles. The van der Waals surface area contributed by atoms with Crippen molar-refractivity contribution in [3.8, 4) is 11.4 Å². The normalized spacial score (nSPS) is 15.0. The van der Waals surface area contributed by atoms with E-state index >= 15 is 0 Å². The predicted molar refractivity (Wildman–Crippen MR) is 105 cm³/mol. The van der Waals surface area contributed by atoms with E-state index in [2.05, 4.69) is 33.8 Å². The van der Waals surface area contributed by atoms with Crippen LogP contribution in [0, 0.1) is 11.9 Å². The zero-order valence-corrected chi connectivity index (χ0v) is 16.0. The number of fused-ring (bicyclic) bond motifs is 1. The second-order valence-electron chi connectivity index (χ2n) is 7.51. The van der Waals surface area contributed by atoms with Crippen LogP contribution in [-0.4, -0.2) is 31.1 Å². The molecule has 4 rings (SSSR count). The van der Waals surface area contributed by atoms with Crippen LogP contribution in [0.5, 0.6) is 0 Å². The van der Waals surface area contributed by atoms with Crippen LogP contribution in [0.25, 0.3) is 22.4 Å². The van der Waals surface area contributed by atoms with Crippen LogP contribution in [0.15, 0.2) is 30.5 Å². The molecule has 0 spiro atoms. The fraction of sp³-hybridized carbons (Fsp3) is 0.476. The molecule has 1 fully saturated rings. The first kappa shape index (κ1) is 19.4. The molecular formula is C21H27FN4O. The monoisotopic (exact) mass is 370 g/mol. The zero-order chi connectivity index (χ0) is 19.2. The lowest BCUT2D eigenvalue weighted by molar-refractivity contribution is 0.130. The number of aliphatic hydroxyl groups excluding tert-OH is 1. The molecule has 1 aliphatic carbocycles. The highest BCUT2D eigenvalue weighted by atomic mass is 19.1. The first-order valence-corrected chi connectivity index (χ1v) is 9.67. The van der Waals surface area contributed by atoms with Crippen molar-refractivity contribution in [2.45, 2.75) is 58.5 Å². The maximum Gasteiger partial charge on any atom is 0.213 e. The first-order valence-electron chi connectivity index (χ1n) is 9.67. The molecule has 0 unspecified atom stereocenters. The third-order valence-electron chi connectivity index (χ3n) is 4.57. The summed E-state index contributed by atoms with van der Waals surface area (Å²) in [6.45, 7) is 4.29. The number of aromatic nitrogens is 4. The van der Waals surface area contributed by atoms with Crippen LogP contribution in [0.1, 0.15) is 51.8 Å². The molecule has 27 heavy (non-hydrogen) atoms. The first-order chi connectivity index (χ1) is 13.0. The molecule has 2 N–H and O–H groups in total. The highest BCUT2D eigenvalue weighted by Crippen LogP contribution is 2.20. The summed E-state index contributed by atoms with van der Waals surface area (Å²) in [4.78, 5) is 15.9. The molecule has 0 radical (unpaired) electrons. The lowest BCUT2D eigenvalue weighted by Gasteiger charge is -2.14. The van der Waals surface area contributed by atoms with Crippen molar-refractivity contribution in [3.63, 3.8) is 0 Å². The van der Waals surface area contributed by atoms with Crippen molar-refractivity contribution in [3.05, 3.63) is 42.2 Å². The van der Waals surface area contributed by atoms with E-state index in [1.54, 1.807) is 18.3 Å². The van der Waals surface area contributed by atoms with Crippen molar-refractivity contribution in [1.29, 1.82) is 0 Å². The molecule has 1 aliphatic rings. The third kappa shape index (κ3) is 5.57. The standard InChI is InChI=1S/C15H15FN4.C6H12O/c1-9(2)6-15-19-12-7-11(17-8-13(12)20-15)10-4-3-5-14(16)18-10;7-6-4-2-1-3-5-6/h3-5,7-9H,6H2,1-2H3,(H,19,20);6-7H,1-5H2. The van der Waals surface area contributed by atoms with Gasteiger partial charge in [0.2, 0.25) is 5.95 Å². The van der Waals surface area contributed by atoms with Gasteiger partial charge in [-0.15, -0.1) is 0 Å². The smallest absolute Gasteiger partial charge is 0.213 e. The van der Waals surface area contributed by atoms with Gasteiger partial charge in [-0.05, 0) is 37.0 Å². The van der Waals surface area contributed by atoms with E-state index < -0.39 is 5.95 Å². The van der Waals surface area contributed by atoms with Crippen molar-refractivity contribution in [2.24, 2.45) is 5.92 Å². The Labute approximate surface area is 159 Å². The fourth-order valence-electron chi connectivity index (χ4n) is 3.22. The number of nitrogens with one attached hydrogen (secondary N) is 1. The Balaban J connectivity index is 0.000000253. The van der Waals surface area contributed by atoms with Crippen LogP contribution in [0.2, 0.25) is 0 Å². The number of halogens is 1. The average Bonchev–Trinajstić information content (AvgIpc) is 3.03.